The Labute approximate surface area is 56.4 Å². The molecule has 56 valence electrons. The Balaban J connectivity index is 3.58. The molecule has 2 N–H and O–H groups in total. The van der Waals surface area contributed by atoms with Crippen LogP contribution in [0.2, 0.25) is 0 Å². The number of halogens is 1. The molecule has 1 nitrogen and oxygen atoms in total. The van der Waals surface area contributed by atoms with Gasteiger partial charge in [-0.2, -0.15) is 0 Å². The summed E-state index contributed by atoms with van der Waals surface area (Å²) in [4.78, 5) is 0. The first-order chi connectivity index (χ1) is 3.98. The fourth-order valence-corrected chi connectivity index (χ4v) is 0.987. The lowest BCUT2D eigenvalue weighted by Crippen LogP contribution is -2.39. The van der Waals surface area contributed by atoms with Gasteiger partial charge >= 0.3 is 0 Å². The molecule has 1 unspecified atom stereocenters. The van der Waals surface area contributed by atoms with Crippen LogP contribution in [-0.2, 0) is 0 Å². The van der Waals surface area contributed by atoms with Gasteiger partial charge in [-0.05, 0) is 19.3 Å². The third kappa shape index (κ3) is 4.40. The Kier molecular flexibility index (Phi) is 3.12. The summed E-state index contributed by atoms with van der Waals surface area (Å²) >= 11 is 0. The lowest BCUT2D eigenvalue weighted by atomic mass is 9.93. The lowest BCUT2D eigenvalue weighted by Gasteiger charge is -2.22. The van der Waals surface area contributed by atoms with Crippen molar-refractivity contribution in [1.29, 1.82) is 0 Å². The van der Waals surface area contributed by atoms with Crippen molar-refractivity contribution >= 4 is 0 Å². The SMILES string of the molecule is CC(C)CC(C)(N)CF. The van der Waals surface area contributed by atoms with Gasteiger partial charge in [-0.25, -0.2) is 4.39 Å². The monoisotopic (exact) mass is 133 g/mol. The molecular weight excluding hydrogens is 117 g/mol. The molecule has 0 aliphatic rings. The first kappa shape index (κ1) is 8.89. The van der Waals surface area contributed by atoms with Gasteiger partial charge in [-0.15, -0.1) is 0 Å². The minimum Gasteiger partial charge on any atom is -0.323 e. The fraction of sp³-hybridized carbons (Fsp3) is 1.00. The summed E-state index contributed by atoms with van der Waals surface area (Å²) in [6.07, 6.45) is 0.753. The van der Waals surface area contributed by atoms with Crippen LogP contribution in [-0.4, -0.2) is 12.2 Å². The molecule has 9 heavy (non-hydrogen) atoms. The summed E-state index contributed by atoms with van der Waals surface area (Å²) in [7, 11) is 0. The highest BCUT2D eigenvalue weighted by atomic mass is 19.1. The van der Waals surface area contributed by atoms with Crippen molar-refractivity contribution in [3.8, 4) is 0 Å². The average molecular weight is 133 g/mol. The average Bonchev–Trinajstić information content (AvgIpc) is 1.63. The topological polar surface area (TPSA) is 26.0 Å². The fourth-order valence-electron chi connectivity index (χ4n) is 0.987. The van der Waals surface area contributed by atoms with E-state index in [1.54, 1.807) is 6.92 Å². The van der Waals surface area contributed by atoms with Gasteiger partial charge in [0.15, 0.2) is 0 Å². The van der Waals surface area contributed by atoms with Crippen molar-refractivity contribution in [3.63, 3.8) is 0 Å². The molecule has 1 atom stereocenters. The first-order valence-electron chi connectivity index (χ1n) is 3.33. The second kappa shape index (κ2) is 3.16. The molecule has 0 aromatic rings. The largest absolute Gasteiger partial charge is 0.323 e. The maximum absolute atomic E-state index is 12.0. The van der Waals surface area contributed by atoms with Crippen LogP contribution in [0.3, 0.4) is 0 Å². The van der Waals surface area contributed by atoms with Crippen molar-refractivity contribution in [1.82, 2.24) is 0 Å². The predicted molar refractivity (Wildman–Crippen MR) is 38.0 cm³/mol. The standard InChI is InChI=1S/C7H16FN/c1-6(2)4-7(3,9)5-8/h6H,4-5,9H2,1-3H3. The summed E-state index contributed by atoms with van der Waals surface area (Å²) in [6.45, 7) is 5.40. The number of hydrogen-bond acceptors (Lipinski definition) is 1. The molecule has 0 aromatic heterocycles. The zero-order chi connectivity index (χ0) is 7.49. The van der Waals surface area contributed by atoms with Crippen molar-refractivity contribution in [3.05, 3.63) is 0 Å². The minimum atomic E-state index is -0.603. The number of alkyl halides is 1. The maximum atomic E-state index is 12.0. The summed E-state index contributed by atoms with van der Waals surface area (Å²) < 4.78 is 12.0. The molecular formula is C7H16FN. The molecule has 0 bridgehead atoms. The number of hydrogen-bond donors (Lipinski definition) is 1. The van der Waals surface area contributed by atoms with E-state index >= 15 is 0 Å². The van der Waals surface area contributed by atoms with Crippen molar-refractivity contribution in [2.45, 2.75) is 32.7 Å². The first-order valence-corrected chi connectivity index (χ1v) is 3.33. The van der Waals surface area contributed by atoms with Gasteiger partial charge in [0.05, 0.1) is 0 Å². The van der Waals surface area contributed by atoms with E-state index in [0.29, 0.717) is 5.92 Å². The normalized spacial score (nSPS) is 18.0. The van der Waals surface area contributed by atoms with Crippen LogP contribution in [0.5, 0.6) is 0 Å². The zero-order valence-corrected chi connectivity index (χ0v) is 6.45. The van der Waals surface area contributed by atoms with Crippen LogP contribution in [0.1, 0.15) is 27.2 Å². The van der Waals surface area contributed by atoms with Gasteiger partial charge in [-0.3, -0.25) is 0 Å². The molecule has 2 heteroatoms. The summed E-state index contributed by atoms with van der Waals surface area (Å²) in [5.74, 6) is 0.482. The highest BCUT2D eigenvalue weighted by Gasteiger charge is 2.18. The second-order valence-corrected chi connectivity index (χ2v) is 3.39. The second-order valence-electron chi connectivity index (χ2n) is 3.39. The third-order valence-electron chi connectivity index (χ3n) is 1.18. The van der Waals surface area contributed by atoms with Crippen LogP contribution >= 0.6 is 0 Å². The molecule has 0 aromatic carbocycles. The van der Waals surface area contributed by atoms with Crippen molar-refractivity contribution in [2.75, 3.05) is 6.67 Å². The molecule has 0 saturated carbocycles. The van der Waals surface area contributed by atoms with Gasteiger partial charge in [0.1, 0.15) is 6.67 Å². The van der Waals surface area contributed by atoms with Gasteiger partial charge < -0.3 is 5.73 Å². The summed E-state index contributed by atoms with van der Waals surface area (Å²) in [5, 5.41) is 0. The Morgan fingerprint density at radius 2 is 2.00 bits per heavy atom. The van der Waals surface area contributed by atoms with Gasteiger partial charge in [0, 0.05) is 5.54 Å². The molecule has 0 radical (unpaired) electrons. The molecule has 0 amide bonds. The van der Waals surface area contributed by atoms with E-state index in [1.807, 2.05) is 13.8 Å². The lowest BCUT2D eigenvalue weighted by molar-refractivity contribution is 0.282. The van der Waals surface area contributed by atoms with Crippen LogP contribution in [0, 0.1) is 5.92 Å². The highest BCUT2D eigenvalue weighted by molar-refractivity contribution is 4.78. The molecule has 0 fully saturated rings. The van der Waals surface area contributed by atoms with E-state index in [0.717, 1.165) is 6.42 Å². The maximum Gasteiger partial charge on any atom is 0.107 e. The molecule has 0 rings (SSSR count). The van der Waals surface area contributed by atoms with Crippen molar-refractivity contribution in [2.24, 2.45) is 11.7 Å². The molecule has 0 saturated heterocycles. The molecule has 0 aliphatic carbocycles. The Bertz CT molecular complexity index is 79.0. The van der Waals surface area contributed by atoms with E-state index in [-0.39, 0.29) is 0 Å². The van der Waals surface area contributed by atoms with Gasteiger partial charge in [0.25, 0.3) is 0 Å². The van der Waals surface area contributed by atoms with E-state index < -0.39 is 12.2 Å². The van der Waals surface area contributed by atoms with E-state index in [2.05, 4.69) is 0 Å². The zero-order valence-electron chi connectivity index (χ0n) is 6.45. The van der Waals surface area contributed by atoms with E-state index in [4.69, 9.17) is 5.73 Å². The van der Waals surface area contributed by atoms with Crippen LogP contribution in [0.15, 0.2) is 0 Å². The predicted octanol–water partition coefficient (Wildman–Crippen LogP) is 1.72. The van der Waals surface area contributed by atoms with E-state index in [1.165, 1.54) is 0 Å². The van der Waals surface area contributed by atoms with Crippen LogP contribution < -0.4 is 5.73 Å². The van der Waals surface area contributed by atoms with Crippen molar-refractivity contribution < 1.29 is 4.39 Å². The van der Waals surface area contributed by atoms with Crippen LogP contribution in [0.4, 0.5) is 4.39 Å². The van der Waals surface area contributed by atoms with Gasteiger partial charge in [-0.1, -0.05) is 13.8 Å². The number of rotatable bonds is 3. The quantitative estimate of drug-likeness (QED) is 0.623. The minimum absolute atomic E-state index is 0.425. The molecule has 0 aliphatic heterocycles. The Morgan fingerprint density at radius 3 is 2.11 bits per heavy atom. The van der Waals surface area contributed by atoms with Crippen LogP contribution in [0.25, 0.3) is 0 Å². The Morgan fingerprint density at radius 1 is 1.56 bits per heavy atom. The third-order valence-corrected chi connectivity index (χ3v) is 1.18. The van der Waals surface area contributed by atoms with E-state index in [9.17, 15) is 4.39 Å². The summed E-state index contributed by atoms with van der Waals surface area (Å²) in [6, 6.07) is 0. The smallest absolute Gasteiger partial charge is 0.107 e. The number of nitrogens with two attached hydrogens (primary N) is 1. The molecule has 0 spiro atoms. The summed E-state index contributed by atoms with van der Waals surface area (Å²) in [5.41, 5.74) is 4.94. The van der Waals surface area contributed by atoms with Gasteiger partial charge in [0.2, 0.25) is 0 Å². The highest BCUT2D eigenvalue weighted by Crippen LogP contribution is 2.13. The Hall–Kier alpha value is -0.110. The molecule has 0 heterocycles.